The summed E-state index contributed by atoms with van der Waals surface area (Å²) in [6.07, 6.45) is 0. The van der Waals surface area contributed by atoms with Crippen LogP contribution in [0, 0.1) is 0 Å². The topological polar surface area (TPSA) is 106 Å². The third-order valence-corrected chi connectivity index (χ3v) is 0.595. The van der Waals surface area contributed by atoms with Crippen LogP contribution in [-0.4, -0.2) is 23.5 Å². The fourth-order valence-electron chi connectivity index (χ4n) is 0. The largest absolute Gasteiger partial charge is 0.480 e. The molecule has 0 rings (SSSR count). The Balaban J connectivity index is 0. The lowest BCUT2D eigenvalue weighted by molar-refractivity contribution is -0.135. The monoisotopic (exact) mass is 160 g/mol. The Kier molecular flexibility index (Phi) is 7.57. The molecule has 0 saturated heterocycles. The molecule has 0 heterocycles. The summed E-state index contributed by atoms with van der Waals surface area (Å²) in [6.45, 7) is 4.57. The van der Waals surface area contributed by atoms with E-state index in [2.05, 4.69) is 12.3 Å². The van der Waals surface area contributed by atoms with Crippen molar-refractivity contribution in [3.8, 4) is 0 Å². The summed E-state index contributed by atoms with van der Waals surface area (Å²) in [7, 11) is 0. The first kappa shape index (κ1) is 12.3. The van der Waals surface area contributed by atoms with Crippen LogP contribution in [0.5, 0.6) is 0 Å². The number of aliphatic carboxylic acids is 1. The molecule has 0 aliphatic rings. The molecule has 5 nitrogen and oxygen atoms in total. The smallest absolute Gasteiger partial charge is 0.317 e. The summed E-state index contributed by atoms with van der Waals surface area (Å²) in [5.41, 5.74) is 9.67. The minimum Gasteiger partial charge on any atom is -0.480 e. The van der Waals surface area contributed by atoms with Crippen molar-refractivity contribution in [1.82, 2.24) is 0 Å². The predicted molar refractivity (Wildman–Crippen MR) is 40.7 cm³/mol. The molecule has 0 aromatic rings. The molecule has 0 radical (unpaired) electrons. The van der Waals surface area contributed by atoms with Crippen LogP contribution in [0.25, 0.3) is 0 Å². The van der Waals surface area contributed by atoms with Gasteiger partial charge in [0.1, 0.15) is 0 Å². The standard InChI is InChI=1S/C4H7NO.C2H5NO2/c1-3(2)4(5)6;3-1-2(4)5/h1H2,2H3,(H2,5,6);1,3H2,(H,4,5). The second kappa shape index (κ2) is 6.76. The molecule has 0 aliphatic heterocycles. The van der Waals surface area contributed by atoms with Crippen LogP contribution < -0.4 is 11.5 Å². The van der Waals surface area contributed by atoms with Crippen molar-refractivity contribution < 1.29 is 14.7 Å². The molecule has 0 unspecified atom stereocenters. The first-order chi connectivity index (χ1) is 4.91. The molecule has 0 aromatic heterocycles. The molecule has 11 heavy (non-hydrogen) atoms. The van der Waals surface area contributed by atoms with E-state index in [0.717, 1.165) is 0 Å². The van der Waals surface area contributed by atoms with E-state index in [1.54, 1.807) is 6.92 Å². The highest BCUT2D eigenvalue weighted by Gasteiger charge is 1.86. The molecule has 0 saturated carbocycles. The van der Waals surface area contributed by atoms with Gasteiger partial charge >= 0.3 is 5.97 Å². The van der Waals surface area contributed by atoms with E-state index < -0.39 is 11.9 Å². The Morgan fingerprint density at radius 3 is 1.73 bits per heavy atom. The van der Waals surface area contributed by atoms with Gasteiger partial charge in [-0.1, -0.05) is 6.58 Å². The zero-order valence-electron chi connectivity index (χ0n) is 6.33. The zero-order chi connectivity index (χ0) is 9.44. The van der Waals surface area contributed by atoms with Gasteiger partial charge in [0.25, 0.3) is 0 Å². The maximum atomic E-state index is 9.82. The Hall–Kier alpha value is -1.36. The number of primary amides is 1. The lowest BCUT2D eigenvalue weighted by Crippen LogP contribution is -2.10. The maximum Gasteiger partial charge on any atom is 0.317 e. The molecule has 64 valence electrons. The highest BCUT2D eigenvalue weighted by molar-refractivity contribution is 5.90. The van der Waals surface area contributed by atoms with Gasteiger partial charge in [-0.15, -0.1) is 0 Å². The van der Waals surface area contributed by atoms with Crippen molar-refractivity contribution in [1.29, 1.82) is 0 Å². The van der Waals surface area contributed by atoms with E-state index in [4.69, 9.17) is 10.8 Å². The maximum absolute atomic E-state index is 9.82. The van der Waals surface area contributed by atoms with Gasteiger partial charge in [0.2, 0.25) is 5.91 Å². The molecular weight excluding hydrogens is 148 g/mol. The van der Waals surface area contributed by atoms with Gasteiger partial charge in [-0.25, -0.2) is 0 Å². The van der Waals surface area contributed by atoms with Crippen molar-refractivity contribution >= 4 is 11.9 Å². The summed E-state index contributed by atoms with van der Waals surface area (Å²) in [5, 5.41) is 7.60. The second-order valence-corrected chi connectivity index (χ2v) is 1.74. The fourth-order valence-corrected chi connectivity index (χ4v) is 0. The van der Waals surface area contributed by atoms with E-state index in [9.17, 15) is 9.59 Å². The molecule has 0 atom stereocenters. The summed E-state index contributed by atoms with van der Waals surface area (Å²) < 4.78 is 0. The minimum absolute atomic E-state index is 0.278. The third kappa shape index (κ3) is 17.7. The van der Waals surface area contributed by atoms with Gasteiger partial charge < -0.3 is 16.6 Å². The van der Waals surface area contributed by atoms with Crippen LogP contribution in [0.3, 0.4) is 0 Å². The molecule has 5 N–H and O–H groups in total. The Labute approximate surface area is 64.7 Å². The van der Waals surface area contributed by atoms with Crippen molar-refractivity contribution in [2.75, 3.05) is 6.54 Å². The van der Waals surface area contributed by atoms with E-state index >= 15 is 0 Å². The predicted octanol–water partition coefficient (Wildman–Crippen LogP) is -0.922. The molecule has 0 bridgehead atoms. The van der Waals surface area contributed by atoms with Crippen LogP contribution in [0.1, 0.15) is 6.92 Å². The van der Waals surface area contributed by atoms with Crippen LogP contribution >= 0.6 is 0 Å². The molecule has 0 aliphatic carbocycles. The number of hydrogen-bond donors (Lipinski definition) is 3. The number of nitrogens with two attached hydrogens (primary N) is 2. The van der Waals surface area contributed by atoms with Gasteiger partial charge in [0.05, 0.1) is 6.54 Å². The highest BCUT2D eigenvalue weighted by atomic mass is 16.4. The van der Waals surface area contributed by atoms with E-state index in [0.29, 0.717) is 5.57 Å². The molecule has 0 spiro atoms. The zero-order valence-corrected chi connectivity index (χ0v) is 6.33. The summed E-state index contributed by atoms with van der Waals surface area (Å²) in [5.74, 6) is -1.40. The van der Waals surface area contributed by atoms with Crippen LogP contribution in [0.15, 0.2) is 12.2 Å². The van der Waals surface area contributed by atoms with Gasteiger partial charge in [0, 0.05) is 5.57 Å². The average molecular weight is 160 g/mol. The van der Waals surface area contributed by atoms with E-state index in [1.165, 1.54) is 0 Å². The van der Waals surface area contributed by atoms with E-state index in [1.807, 2.05) is 0 Å². The SMILES string of the molecule is C=C(C)C(N)=O.NCC(=O)O. The van der Waals surface area contributed by atoms with Crippen LogP contribution in [-0.2, 0) is 9.59 Å². The number of carbonyl (C=O) groups is 2. The van der Waals surface area contributed by atoms with Crippen molar-refractivity contribution in [3.63, 3.8) is 0 Å². The van der Waals surface area contributed by atoms with Crippen LogP contribution in [0.2, 0.25) is 0 Å². The quantitative estimate of drug-likeness (QED) is 0.454. The van der Waals surface area contributed by atoms with Crippen molar-refractivity contribution in [2.45, 2.75) is 6.92 Å². The number of rotatable bonds is 2. The molecule has 0 fully saturated rings. The summed E-state index contributed by atoms with van der Waals surface area (Å²) in [6, 6.07) is 0. The lowest BCUT2D eigenvalue weighted by Gasteiger charge is -1.81. The number of carbonyl (C=O) groups excluding carboxylic acids is 1. The molecule has 5 heteroatoms. The molecular formula is C6H12N2O3. The van der Waals surface area contributed by atoms with Gasteiger partial charge in [-0.05, 0) is 6.92 Å². The Morgan fingerprint density at radius 2 is 1.73 bits per heavy atom. The Morgan fingerprint density at radius 1 is 1.55 bits per heavy atom. The summed E-state index contributed by atoms with van der Waals surface area (Å²) >= 11 is 0. The van der Waals surface area contributed by atoms with Crippen molar-refractivity contribution in [3.05, 3.63) is 12.2 Å². The number of carboxylic acid groups (broad SMARTS) is 1. The normalized spacial score (nSPS) is 7.45. The highest BCUT2D eigenvalue weighted by Crippen LogP contribution is 1.78. The fraction of sp³-hybridized carbons (Fsp3) is 0.333. The summed E-state index contributed by atoms with van der Waals surface area (Å²) in [4.78, 5) is 19.1. The van der Waals surface area contributed by atoms with Crippen molar-refractivity contribution in [2.24, 2.45) is 11.5 Å². The molecule has 0 aromatic carbocycles. The number of amides is 1. The number of carboxylic acids is 1. The minimum atomic E-state index is -0.968. The number of hydrogen-bond acceptors (Lipinski definition) is 3. The third-order valence-electron chi connectivity index (χ3n) is 0.595. The average Bonchev–Trinajstić information content (AvgIpc) is 1.89. The van der Waals surface area contributed by atoms with Gasteiger partial charge in [-0.2, -0.15) is 0 Å². The second-order valence-electron chi connectivity index (χ2n) is 1.74. The lowest BCUT2D eigenvalue weighted by atomic mass is 10.3. The van der Waals surface area contributed by atoms with Crippen LogP contribution in [0.4, 0.5) is 0 Å². The first-order valence-corrected chi connectivity index (χ1v) is 2.79. The van der Waals surface area contributed by atoms with Gasteiger partial charge in [-0.3, -0.25) is 9.59 Å². The first-order valence-electron chi connectivity index (χ1n) is 2.79. The van der Waals surface area contributed by atoms with E-state index in [-0.39, 0.29) is 6.54 Å². The molecule has 1 amide bonds. The van der Waals surface area contributed by atoms with Gasteiger partial charge in [0.15, 0.2) is 0 Å². The Bertz CT molecular complexity index is 153.